The molecule has 25 heavy (non-hydrogen) atoms. The van der Waals surface area contributed by atoms with E-state index in [1.807, 2.05) is 0 Å². The van der Waals surface area contributed by atoms with Crippen molar-refractivity contribution in [3.8, 4) is 5.88 Å². The van der Waals surface area contributed by atoms with Crippen LogP contribution in [0.25, 0.3) is 0 Å². The zero-order chi connectivity index (χ0) is 17.8. The number of rotatable bonds is 7. The summed E-state index contributed by atoms with van der Waals surface area (Å²) in [6, 6.07) is 1.88. The average Bonchev–Trinajstić information content (AvgIpc) is 3.04. The Balaban J connectivity index is 0.00000312. The molecule has 1 fully saturated rings. The molecule has 1 atom stereocenters. The summed E-state index contributed by atoms with van der Waals surface area (Å²) in [5.74, 6) is -0.0930. The molecule has 0 saturated heterocycles. The summed E-state index contributed by atoms with van der Waals surface area (Å²) in [4.78, 5) is 3.47. The van der Waals surface area contributed by atoms with Crippen LogP contribution in [0.4, 0.5) is 13.2 Å². The third-order valence-electron chi connectivity index (χ3n) is 3.93. The predicted octanol–water partition coefficient (Wildman–Crippen LogP) is 2.24. The molecule has 144 valence electrons. The van der Waals surface area contributed by atoms with E-state index in [0.717, 1.165) is 44.0 Å². The summed E-state index contributed by atoms with van der Waals surface area (Å²) < 4.78 is 67.9. The monoisotopic (exact) mass is 403 g/mol. The van der Waals surface area contributed by atoms with Crippen molar-refractivity contribution in [3.05, 3.63) is 18.3 Å². The quantitative estimate of drug-likeness (QED) is 0.728. The first-order valence-corrected chi connectivity index (χ1v) is 9.07. The summed E-state index contributed by atoms with van der Waals surface area (Å²) in [7, 11) is -3.84. The van der Waals surface area contributed by atoms with Gasteiger partial charge in [-0.05, 0) is 24.8 Å². The maximum atomic E-state index is 12.4. The third kappa shape index (κ3) is 6.61. The minimum atomic E-state index is -4.48. The van der Waals surface area contributed by atoms with Crippen LogP contribution in [-0.2, 0) is 10.0 Å². The van der Waals surface area contributed by atoms with Gasteiger partial charge in [0.1, 0.15) is 4.90 Å². The van der Waals surface area contributed by atoms with Gasteiger partial charge in [0.15, 0.2) is 6.61 Å². The molecule has 0 radical (unpaired) electrons. The van der Waals surface area contributed by atoms with E-state index in [4.69, 9.17) is 5.73 Å². The Labute approximate surface area is 150 Å². The Kier molecular flexibility index (Phi) is 7.91. The number of alkyl halides is 3. The van der Waals surface area contributed by atoms with Crippen LogP contribution in [0.15, 0.2) is 23.2 Å². The lowest BCUT2D eigenvalue weighted by molar-refractivity contribution is -0.154. The smallest absolute Gasteiger partial charge is 0.422 e. The van der Waals surface area contributed by atoms with Gasteiger partial charge < -0.3 is 10.5 Å². The number of aromatic nitrogens is 1. The number of pyridine rings is 1. The molecule has 1 aliphatic carbocycles. The second-order valence-corrected chi connectivity index (χ2v) is 7.46. The second kappa shape index (κ2) is 9.02. The zero-order valence-electron chi connectivity index (χ0n) is 13.3. The molecule has 1 heterocycles. The molecule has 1 unspecified atom stereocenters. The van der Waals surface area contributed by atoms with Crippen LogP contribution >= 0.6 is 12.4 Å². The minimum Gasteiger partial charge on any atom is -0.468 e. The van der Waals surface area contributed by atoms with Crippen LogP contribution in [0.3, 0.4) is 0 Å². The van der Waals surface area contributed by atoms with Crippen LogP contribution in [0.2, 0.25) is 0 Å². The lowest BCUT2D eigenvalue weighted by Crippen LogP contribution is -2.44. The van der Waals surface area contributed by atoms with Crippen molar-refractivity contribution >= 4 is 22.4 Å². The summed E-state index contributed by atoms with van der Waals surface area (Å²) in [6.07, 6.45) is 0.435. The van der Waals surface area contributed by atoms with E-state index in [0.29, 0.717) is 0 Å². The maximum Gasteiger partial charge on any atom is 0.422 e. The Hall–Kier alpha value is -1.10. The number of sulfonamides is 1. The number of halogens is 4. The summed E-state index contributed by atoms with van der Waals surface area (Å²) in [5.41, 5.74) is 5.67. The number of hydrogen-bond donors (Lipinski definition) is 2. The van der Waals surface area contributed by atoms with Crippen molar-refractivity contribution in [1.29, 1.82) is 0 Å². The van der Waals surface area contributed by atoms with Gasteiger partial charge in [0, 0.05) is 18.7 Å². The Morgan fingerprint density at radius 3 is 2.44 bits per heavy atom. The third-order valence-corrected chi connectivity index (χ3v) is 5.41. The summed E-state index contributed by atoms with van der Waals surface area (Å²) in [6.45, 7) is -1.30. The van der Waals surface area contributed by atoms with Gasteiger partial charge in [0.25, 0.3) is 0 Å². The van der Waals surface area contributed by atoms with Gasteiger partial charge in [-0.2, -0.15) is 13.2 Å². The van der Waals surface area contributed by atoms with Gasteiger partial charge >= 0.3 is 6.18 Å². The molecule has 6 nitrogen and oxygen atoms in total. The molecule has 0 amide bonds. The summed E-state index contributed by atoms with van der Waals surface area (Å²) in [5, 5.41) is 0. The molecule has 0 bridgehead atoms. The van der Waals surface area contributed by atoms with Crippen LogP contribution < -0.4 is 15.2 Å². The molecule has 2 rings (SSSR count). The average molecular weight is 404 g/mol. The van der Waals surface area contributed by atoms with Gasteiger partial charge in [-0.1, -0.05) is 12.8 Å². The molecule has 3 N–H and O–H groups in total. The first-order chi connectivity index (χ1) is 11.2. The van der Waals surface area contributed by atoms with E-state index in [-0.39, 0.29) is 41.7 Å². The van der Waals surface area contributed by atoms with Crippen LogP contribution in [0.1, 0.15) is 25.7 Å². The lowest BCUT2D eigenvalue weighted by atomic mass is 9.99. The number of nitrogens with two attached hydrogens (primary N) is 1. The van der Waals surface area contributed by atoms with E-state index in [1.54, 1.807) is 0 Å². The maximum absolute atomic E-state index is 12.4. The van der Waals surface area contributed by atoms with Crippen LogP contribution in [-0.4, -0.2) is 38.8 Å². The van der Waals surface area contributed by atoms with Gasteiger partial charge in [-0.3, -0.25) is 0 Å². The predicted molar refractivity (Wildman–Crippen MR) is 88.2 cm³/mol. The molecular weight excluding hydrogens is 383 g/mol. The fourth-order valence-electron chi connectivity index (χ4n) is 2.73. The van der Waals surface area contributed by atoms with Crippen LogP contribution in [0.5, 0.6) is 5.88 Å². The highest BCUT2D eigenvalue weighted by molar-refractivity contribution is 7.89. The number of hydrogen-bond acceptors (Lipinski definition) is 5. The van der Waals surface area contributed by atoms with E-state index in [1.165, 1.54) is 0 Å². The van der Waals surface area contributed by atoms with Crippen molar-refractivity contribution in [2.24, 2.45) is 11.7 Å². The van der Waals surface area contributed by atoms with Gasteiger partial charge in [-0.25, -0.2) is 18.1 Å². The molecule has 1 aliphatic rings. The van der Waals surface area contributed by atoms with Gasteiger partial charge in [-0.15, -0.1) is 12.4 Å². The van der Waals surface area contributed by atoms with Crippen molar-refractivity contribution in [1.82, 2.24) is 9.71 Å². The molecule has 1 aromatic heterocycles. The van der Waals surface area contributed by atoms with E-state index < -0.39 is 22.8 Å². The molecule has 0 aliphatic heterocycles. The van der Waals surface area contributed by atoms with Crippen LogP contribution in [0, 0.1) is 5.92 Å². The highest BCUT2D eigenvalue weighted by Gasteiger charge is 2.30. The fourth-order valence-corrected chi connectivity index (χ4v) is 3.99. The number of nitrogens with one attached hydrogen (secondary N) is 1. The zero-order valence-corrected chi connectivity index (χ0v) is 15.0. The molecular formula is C14H21ClF3N3O3S. The first kappa shape index (κ1) is 21.9. The summed E-state index contributed by atoms with van der Waals surface area (Å²) >= 11 is 0. The lowest BCUT2D eigenvalue weighted by Gasteiger charge is -2.22. The Morgan fingerprint density at radius 2 is 1.96 bits per heavy atom. The largest absolute Gasteiger partial charge is 0.468 e. The van der Waals surface area contributed by atoms with Crippen molar-refractivity contribution in [2.75, 3.05) is 13.2 Å². The Morgan fingerprint density at radius 1 is 1.32 bits per heavy atom. The van der Waals surface area contributed by atoms with Gasteiger partial charge in [0.05, 0.1) is 6.20 Å². The highest BCUT2D eigenvalue weighted by atomic mass is 35.5. The van der Waals surface area contributed by atoms with Gasteiger partial charge in [0.2, 0.25) is 15.9 Å². The van der Waals surface area contributed by atoms with E-state index in [9.17, 15) is 21.6 Å². The second-order valence-electron chi connectivity index (χ2n) is 5.74. The van der Waals surface area contributed by atoms with E-state index >= 15 is 0 Å². The number of ether oxygens (including phenoxy) is 1. The molecule has 0 spiro atoms. The van der Waals surface area contributed by atoms with Crippen molar-refractivity contribution in [2.45, 2.75) is 42.8 Å². The molecule has 0 aromatic carbocycles. The topological polar surface area (TPSA) is 94.3 Å². The first-order valence-electron chi connectivity index (χ1n) is 7.59. The van der Waals surface area contributed by atoms with E-state index in [2.05, 4.69) is 14.4 Å². The molecule has 11 heteroatoms. The minimum absolute atomic E-state index is 0. The standard InChI is InChI=1S/C14H20F3N3O3S.ClH/c15-14(16,17)9-23-13-6-5-11(8-19-13)24(21,22)20-12(7-18)10-3-1-2-4-10;/h5-6,8,10,12,20H,1-4,7,9,18H2;1H. The number of nitrogens with zero attached hydrogens (tertiary/aromatic N) is 1. The normalized spacial score (nSPS) is 17.1. The van der Waals surface area contributed by atoms with Crippen molar-refractivity contribution < 1.29 is 26.3 Å². The SMILES string of the molecule is Cl.NCC(NS(=O)(=O)c1ccc(OCC(F)(F)F)nc1)C1CCCC1. The Bertz CT molecular complexity index is 635. The molecule has 1 aromatic rings. The molecule has 1 saturated carbocycles. The van der Waals surface area contributed by atoms with Crippen molar-refractivity contribution in [3.63, 3.8) is 0 Å². The fraction of sp³-hybridized carbons (Fsp3) is 0.643. The highest BCUT2D eigenvalue weighted by Crippen LogP contribution is 2.28.